The first-order valence-corrected chi connectivity index (χ1v) is 7.06. The Morgan fingerprint density at radius 1 is 1.31 bits per heavy atom. The third kappa shape index (κ3) is 2.34. The summed E-state index contributed by atoms with van der Waals surface area (Å²) in [5.41, 5.74) is 0. The molecule has 0 aliphatic carbocycles. The van der Waals surface area contributed by atoms with E-state index < -0.39 is 9.84 Å². The highest BCUT2D eigenvalue weighted by Gasteiger charge is 2.33. The molecule has 0 bridgehead atoms. The highest BCUT2D eigenvalue weighted by atomic mass is 32.2. The highest BCUT2D eigenvalue weighted by molar-refractivity contribution is 7.91. The lowest BCUT2D eigenvalue weighted by Gasteiger charge is -2.28. The minimum Gasteiger partial charge on any atom is -0.355 e. The summed E-state index contributed by atoms with van der Waals surface area (Å²) in [6, 6.07) is 0. The van der Waals surface area contributed by atoms with E-state index in [4.69, 9.17) is 0 Å². The average molecular weight is 246 g/mol. The number of hydrogen-bond acceptors (Lipinski definition) is 4. The first kappa shape index (κ1) is 11.4. The van der Waals surface area contributed by atoms with Crippen LogP contribution in [-0.4, -0.2) is 56.3 Å². The number of carbonyl (C=O) groups is 2. The van der Waals surface area contributed by atoms with Gasteiger partial charge in [-0.3, -0.25) is 9.59 Å². The van der Waals surface area contributed by atoms with Crippen LogP contribution in [-0.2, 0) is 19.4 Å². The Morgan fingerprint density at radius 2 is 1.94 bits per heavy atom. The van der Waals surface area contributed by atoms with Gasteiger partial charge in [0.05, 0.1) is 17.4 Å². The second-order valence-corrected chi connectivity index (χ2v) is 6.49. The van der Waals surface area contributed by atoms with E-state index in [1.165, 1.54) is 0 Å². The molecule has 6 nitrogen and oxygen atoms in total. The molecule has 2 fully saturated rings. The smallest absolute Gasteiger partial charge is 0.228 e. The second kappa shape index (κ2) is 4.04. The summed E-state index contributed by atoms with van der Waals surface area (Å²) in [6.45, 7) is 0.888. The molecule has 2 rings (SSSR count). The molecule has 1 atom stereocenters. The quantitative estimate of drug-likeness (QED) is 0.602. The predicted molar refractivity (Wildman–Crippen MR) is 56.4 cm³/mol. The van der Waals surface area contributed by atoms with Gasteiger partial charge in [0.2, 0.25) is 11.8 Å². The van der Waals surface area contributed by atoms with E-state index >= 15 is 0 Å². The zero-order valence-corrected chi connectivity index (χ0v) is 9.62. The number of nitrogens with one attached hydrogen (secondary N) is 1. The van der Waals surface area contributed by atoms with Crippen molar-refractivity contribution in [2.45, 2.75) is 6.42 Å². The number of sulfone groups is 1. The molecule has 1 N–H and O–H groups in total. The molecule has 2 saturated heterocycles. The zero-order valence-electron chi connectivity index (χ0n) is 8.81. The van der Waals surface area contributed by atoms with E-state index in [-0.39, 0.29) is 48.7 Å². The molecule has 2 heterocycles. The number of carbonyl (C=O) groups excluding carboxylic acids is 2. The third-order valence-corrected chi connectivity index (χ3v) is 4.59. The van der Waals surface area contributed by atoms with Gasteiger partial charge in [0.1, 0.15) is 0 Å². The molecule has 0 aromatic heterocycles. The van der Waals surface area contributed by atoms with Crippen LogP contribution in [0.25, 0.3) is 0 Å². The summed E-state index contributed by atoms with van der Waals surface area (Å²) >= 11 is 0. The van der Waals surface area contributed by atoms with Gasteiger partial charge < -0.3 is 10.2 Å². The molecule has 0 saturated carbocycles. The lowest BCUT2D eigenvalue weighted by atomic mass is 10.1. The largest absolute Gasteiger partial charge is 0.355 e. The molecule has 7 heteroatoms. The molecular formula is C9H14N2O4S. The van der Waals surface area contributed by atoms with Crippen LogP contribution in [0.5, 0.6) is 0 Å². The van der Waals surface area contributed by atoms with Gasteiger partial charge >= 0.3 is 0 Å². The first-order valence-electron chi connectivity index (χ1n) is 5.24. The summed E-state index contributed by atoms with van der Waals surface area (Å²) in [7, 11) is -2.96. The van der Waals surface area contributed by atoms with Crippen LogP contribution in [0, 0.1) is 5.92 Å². The second-order valence-electron chi connectivity index (χ2n) is 4.18. The number of amides is 2. The summed E-state index contributed by atoms with van der Waals surface area (Å²) < 4.78 is 22.4. The Bertz CT molecular complexity index is 403. The standard InChI is InChI=1S/C9H14N2O4S/c12-8-5-7(6-10-8)9(13)11-1-3-16(14,15)4-2-11/h7H,1-6H2,(H,10,12). The summed E-state index contributed by atoms with van der Waals surface area (Å²) in [5.74, 6) is -0.454. The molecule has 1 unspecified atom stereocenters. The molecule has 0 spiro atoms. The number of hydrogen-bond donors (Lipinski definition) is 1. The highest BCUT2D eigenvalue weighted by Crippen LogP contribution is 2.14. The molecule has 0 aromatic carbocycles. The van der Waals surface area contributed by atoms with E-state index in [1.807, 2.05) is 0 Å². The molecule has 16 heavy (non-hydrogen) atoms. The van der Waals surface area contributed by atoms with Crippen LogP contribution in [0.1, 0.15) is 6.42 Å². The van der Waals surface area contributed by atoms with Crippen LogP contribution in [0.3, 0.4) is 0 Å². The van der Waals surface area contributed by atoms with Crippen molar-refractivity contribution in [3.63, 3.8) is 0 Å². The molecule has 2 aliphatic rings. The van der Waals surface area contributed by atoms with Crippen LogP contribution >= 0.6 is 0 Å². The van der Waals surface area contributed by atoms with Crippen molar-refractivity contribution in [2.24, 2.45) is 5.92 Å². The normalized spacial score (nSPS) is 28.9. The van der Waals surface area contributed by atoms with E-state index in [0.717, 1.165) is 0 Å². The Balaban J connectivity index is 1.94. The van der Waals surface area contributed by atoms with Crippen molar-refractivity contribution in [1.29, 1.82) is 0 Å². The third-order valence-electron chi connectivity index (χ3n) is 2.98. The number of rotatable bonds is 1. The fourth-order valence-corrected chi connectivity index (χ4v) is 3.17. The Labute approximate surface area is 93.9 Å². The molecule has 0 aromatic rings. The fourth-order valence-electron chi connectivity index (χ4n) is 1.97. The zero-order chi connectivity index (χ0) is 11.8. The van der Waals surface area contributed by atoms with Gasteiger partial charge in [0.15, 0.2) is 9.84 Å². The van der Waals surface area contributed by atoms with Crippen molar-refractivity contribution in [1.82, 2.24) is 10.2 Å². The van der Waals surface area contributed by atoms with Crippen molar-refractivity contribution < 1.29 is 18.0 Å². The van der Waals surface area contributed by atoms with E-state index in [2.05, 4.69) is 5.32 Å². The van der Waals surface area contributed by atoms with Gasteiger partial charge in [-0.15, -0.1) is 0 Å². The Kier molecular flexibility index (Phi) is 2.88. The van der Waals surface area contributed by atoms with Crippen LogP contribution < -0.4 is 5.32 Å². The lowest BCUT2D eigenvalue weighted by Crippen LogP contribution is -2.46. The van der Waals surface area contributed by atoms with Crippen molar-refractivity contribution in [3.05, 3.63) is 0 Å². The van der Waals surface area contributed by atoms with Gasteiger partial charge in [-0.1, -0.05) is 0 Å². The summed E-state index contributed by atoms with van der Waals surface area (Å²) in [5, 5.41) is 2.60. The van der Waals surface area contributed by atoms with Crippen molar-refractivity contribution >= 4 is 21.7 Å². The molecule has 90 valence electrons. The minimum atomic E-state index is -2.96. The van der Waals surface area contributed by atoms with Gasteiger partial charge in [-0.2, -0.15) is 0 Å². The number of nitrogens with zero attached hydrogens (tertiary/aromatic N) is 1. The topological polar surface area (TPSA) is 83.6 Å². The summed E-state index contributed by atoms with van der Waals surface area (Å²) in [6.07, 6.45) is 0.224. The van der Waals surface area contributed by atoms with Crippen molar-refractivity contribution in [2.75, 3.05) is 31.1 Å². The molecule has 0 radical (unpaired) electrons. The van der Waals surface area contributed by atoms with Gasteiger partial charge in [-0.25, -0.2) is 8.42 Å². The Hall–Kier alpha value is -1.11. The maximum Gasteiger partial charge on any atom is 0.228 e. The van der Waals surface area contributed by atoms with Gasteiger partial charge in [0, 0.05) is 26.1 Å². The maximum atomic E-state index is 11.9. The first-order chi connectivity index (χ1) is 7.48. The van der Waals surface area contributed by atoms with Crippen LogP contribution in [0.15, 0.2) is 0 Å². The van der Waals surface area contributed by atoms with Gasteiger partial charge in [0.25, 0.3) is 0 Å². The van der Waals surface area contributed by atoms with Gasteiger partial charge in [-0.05, 0) is 0 Å². The maximum absolute atomic E-state index is 11.9. The predicted octanol–water partition coefficient (Wildman–Crippen LogP) is -1.62. The van der Waals surface area contributed by atoms with Crippen LogP contribution in [0.4, 0.5) is 0 Å². The van der Waals surface area contributed by atoms with Crippen LogP contribution in [0.2, 0.25) is 0 Å². The SMILES string of the molecule is O=C1CC(C(=O)N2CCS(=O)(=O)CC2)CN1. The minimum absolute atomic E-state index is 0.0346. The molecule has 2 aliphatic heterocycles. The summed E-state index contributed by atoms with van der Waals surface area (Å²) in [4.78, 5) is 24.4. The lowest BCUT2D eigenvalue weighted by molar-refractivity contribution is -0.135. The Morgan fingerprint density at radius 3 is 2.44 bits per heavy atom. The fraction of sp³-hybridized carbons (Fsp3) is 0.778. The van der Waals surface area contributed by atoms with E-state index in [0.29, 0.717) is 6.54 Å². The molecular weight excluding hydrogens is 232 g/mol. The molecule has 2 amide bonds. The monoisotopic (exact) mass is 246 g/mol. The average Bonchev–Trinajstić information content (AvgIpc) is 2.64. The van der Waals surface area contributed by atoms with Crippen molar-refractivity contribution in [3.8, 4) is 0 Å². The van der Waals surface area contributed by atoms with E-state index in [9.17, 15) is 18.0 Å². The van der Waals surface area contributed by atoms with E-state index in [1.54, 1.807) is 4.90 Å².